The normalized spacial score (nSPS) is 12.2. The first-order valence-electron chi connectivity index (χ1n) is 5.94. The van der Waals surface area contributed by atoms with Gasteiger partial charge in [-0.3, -0.25) is 0 Å². The van der Waals surface area contributed by atoms with Gasteiger partial charge < -0.3 is 9.84 Å². The second kappa shape index (κ2) is 6.80. The zero-order valence-corrected chi connectivity index (χ0v) is 11.7. The van der Waals surface area contributed by atoms with Crippen molar-refractivity contribution in [3.63, 3.8) is 0 Å². The summed E-state index contributed by atoms with van der Waals surface area (Å²) >= 11 is 11.7. The van der Waals surface area contributed by atoms with E-state index in [1.165, 1.54) is 0 Å². The number of aliphatic hydroxyl groups is 1. The Morgan fingerprint density at radius 2 is 1.68 bits per heavy atom. The molecule has 2 aromatic rings. The van der Waals surface area contributed by atoms with Crippen LogP contribution in [0.1, 0.15) is 5.56 Å². The van der Waals surface area contributed by atoms with E-state index in [9.17, 15) is 5.11 Å². The highest BCUT2D eigenvalue weighted by Gasteiger charge is 2.07. The van der Waals surface area contributed by atoms with Gasteiger partial charge in [0.05, 0.1) is 6.10 Å². The van der Waals surface area contributed by atoms with Gasteiger partial charge in [0.2, 0.25) is 0 Å². The molecule has 0 saturated heterocycles. The molecule has 19 heavy (non-hydrogen) atoms. The summed E-state index contributed by atoms with van der Waals surface area (Å²) in [6.45, 7) is 0.215. The standard InChI is InChI=1S/C15H14Cl2O2/c16-12-4-1-3-11(7-12)8-14(18)10-19-15-6-2-5-13(17)9-15/h1-7,9,14,18H,8,10H2. The molecule has 2 nitrogen and oxygen atoms in total. The second-order valence-corrected chi connectivity index (χ2v) is 5.13. The third kappa shape index (κ3) is 4.75. The zero-order chi connectivity index (χ0) is 13.7. The molecule has 0 heterocycles. The Bertz CT molecular complexity index is 543. The molecule has 0 aliphatic heterocycles. The molecule has 0 spiro atoms. The lowest BCUT2D eigenvalue weighted by molar-refractivity contribution is 0.108. The predicted molar refractivity (Wildman–Crippen MR) is 78.1 cm³/mol. The van der Waals surface area contributed by atoms with E-state index < -0.39 is 6.10 Å². The smallest absolute Gasteiger partial charge is 0.120 e. The highest BCUT2D eigenvalue weighted by atomic mass is 35.5. The summed E-state index contributed by atoms with van der Waals surface area (Å²) < 4.78 is 5.48. The molecule has 1 unspecified atom stereocenters. The van der Waals surface area contributed by atoms with Crippen LogP contribution in [0.2, 0.25) is 10.0 Å². The van der Waals surface area contributed by atoms with Gasteiger partial charge in [0.15, 0.2) is 0 Å². The van der Waals surface area contributed by atoms with Crippen LogP contribution in [0.15, 0.2) is 48.5 Å². The van der Waals surface area contributed by atoms with Gasteiger partial charge in [0.1, 0.15) is 12.4 Å². The Labute approximate surface area is 122 Å². The molecular formula is C15H14Cl2O2. The fourth-order valence-corrected chi connectivity index (χ4v) is 2.14. The highest BCUT2D eigenvalue weighted by molar-refractivity contribution is 6.30. The number of halogens is 2. The van der Waals surface area contributed by atoms with E-state index in [0.29, 0.717) is 22.2 Å². The molecule has 2 aromatic carbocycles. The molecule has 0 aliphatic carbocycles. The Balaban J connectivity index is 1.86. The SMILES string of the molecule is OC(COc1cccc(Cl)c1)Cc1cccc(Cl)c1. The van der Waals surface area contributed by atoms with E-state index >= 15 is 0 Å². The van der Waals surface area contributed by atoms with Crippen molar-refractivity contribution in [1.29, 1.82) is 0 Å². The van der Waals surface area contributed by atoms with Gasteiger partial charge in [-0.1, -0.05) is 41.4 Å². The zero-order valence-electron chi connectivity index (χ0n) is 10.2. The van der Waals surface area contributed by atoms with Gasteiger partial charge in [0, 0.05) is 16.5 Å². The maximum atomic E-state index is 9.92. The summed E-state index contributed by atoms with van der Waals surface area (Å²) in [6, 6.07) is 14.5. The van der Waals surface area contributed by atoms with Gasteiger partial charge in [0.25, 0.3) is 0 Å². The van der Waals surface area contributed by atoms with Gasteiger partial charge in [-0.2, -0.15) is 0 Å². The fourth-order valence-electron chi connectivity index (χ4n) is 1.74. The quantitative estimate of drug-likeness (QED) is 0.904. The van der Waals surface area contributed by atoms with Gasteiger partial charge in [-0.25, -0.2) is 0 Å². The molecule has 1 N–H and O–H groups in total. The molecule has 0 amide bonds. The van der Waals surface area contributed by atoms with Crippen molar-refractivity contribution in [2.24, 2.45) is 0 Å². The third-order valence-corrected chi connectivity index (χ3v) is 3.07. The van der Waals surface area contributed by atoms with Crippen LogP contribution in [-0.2, 0) is 6.42 Å². The fraction of sp³-hybridized carbons (Fsp3) is 0.200. The lowest BCUT2D eigenvalue weighted by atomic mass is 10.1. The average molecular weight is 297 g/mol. The summed E-state index contributed by atoms with van der Waals surface area (Å²) in [6.07, 6.45) is -0.0846. The van der Waals surface area contributed by atoms with Crippen LogP contribution in [-0.4, -0.2) is 17.8 Å². The summed E-state index contributed by atoms with van der Waals surface area (Å²) in [5.74, 6) is 0.651. The van der Waals surface area contributed by atoms with Crippen LogP contribution < -0.4 is 4.74 Å². The van der Waals surface area contributed by atoms with Crippen molar-refractivity contribution in [1.82, 2.24) is 0 Å². The van der Waals surface area contributed by atoms with Crippen molar-refractivity contribution in [2.45, 2.75) is 12.5 Å². The highest BCUT2D eigenvalue weighted by Crippen LogP contribution is 2.18. The van der Waals surface area contributed by atoms with Crippen LogP contribution in [0.3, 0.4) is 0 Å². The number of aliphatic hydroxyl groups excluding tert-OH is 1. The third-order valence-electron chi connectivity index (χ3n) is 2.60. The van der Waals surface area contributed by atoms with E-state index in [4.69, 9.17) is 27.9 Å². The Hall–Kier alpha value is -1.22. The first-order valence-corrected chi connectivity index (χ1v) is 6.70. The minimum atomic E-state index is -0.586. The van der Waals surface area contributed by atoms with Crippen molar-refractivity contribution in [3.8, 4) is 5.75 Å². The summed E-state index contributed by atoms with van der Waals surface area (Å²) in [4.78, 5) is 0. The second-order valence-electron chi connectivity index (χ2n) is 4.26. The molecule has 0 fully saturated rings. The van der Waals surface area contributed by atoms with Crippen molar-refractivity contribution >= 4 is 23.2 Å². The maximum absolute atomic E-state index is 9.92. The number of ether oxygens (including phenoxy) is 1. The van der Waals surface area contributed by atoms with Crippen LogP contribution in [0.5, 0.6) is 5.75 Å². The maximum Gasteiger partial charge on any atom is 0.120 e. The predicted octanol–water partition coefficient (Wildman–Crippen LogP) is 3.98. The van der Waals surface area contributed by atoms with E-state index in [1.807, 2.05) is 18.2 Å². The molecule has 0 radical (unpaired) electrons. The van der Waals surface area contributed by atoms with E-state index in [2.05, 4.69) is 0 Å². The lowest BCUT2D eigenvalue weighted by Gasteiger charge is -2.12. The van der Waals surface area contributed by atoms with Crippen LogP contribution in [0, 0.1) is 0 Å². The van der Waals surface area contributed by atoms with Crippen molar-refractivity contribution < 1.29 is 9.84 Å². The van der Waals surface area contributed by atoms with Crippen molar-refractivity contribution in [3.05, 3.63) is 64.1 Å². The monoisotopic (exact) mass is 296 g/mol. The largest absolute Gasteiger partial charge is 0.491 e. The molecule has 100 valence electrons. The number of rotatable bonds is 5. The summed E-state index contributed by atoms with van der Waals surface area (Å²) in [7, 11) is 0. The van der Waals surface area contributed by atoms with E-state index in [1.54, 1.807) is 30.3 Å². The number of hydrogen-bond acceptors (Lipinski definition) is 2. The topological polar surface area (TPSA) is 29.5 Å². The Morgan fingerprint density at radius 1 is 1.00 bits per heavy atom. The molecule has 2 rings (SSSR count). The summed E-state index contributed by atoms with van der Waals surface area (Å²) in [5, 5.41) is 11.2. The Morgan fingerprint density at radius 3 is 2.37 bits per heavy atom. The minimum Gasteiger partial charge on any atom is -0.491 e. The van der Waals surface area contributed by atoms with Crippen LogP contribution in [0.4, 0.5) is 0 Å². The molecule has 0 bridgehead atoms. The van der Waals surface area contributed by atoms with Gasteiger partial charge >= 0.3 is 0 Å². The van der Waals surface area contributed by atoms with Crippen molar-refractivity contribution in [2.75, 3.05) is 6.61 Å². The lowest BCUT2D eigenvalue weighted by Crippen LogP contribution is -2.20. The van der Waals surface area contributed by atoms with Gasteiger partial charge in [-0.05, 0) is 35.9 Å². The minimum absolute atomic E-state index is 0.215. The van der Waals surface area contributed by atoms with Crippen LogP contribution in [0.25, 0.3) is 0 Å². The van der Waals surface area contributed by atoms with E-state index in [-0.39, 0.29) is 6.61 Å². The number of benzene rings is 2. The number of hydrogen-bond donors (Lipinski definition) is 1. The Kier molecular flexibility index (Phi) is 5.08. The summed E-state index contributed by atoms with van der Waals surface area (Å²) in [5.41, 5.74) is 0.981. The molecule has 1 atom stereocenters. The van der Waals surface area contributed by atoms with Gasteiger partial charge in [-0.15, -0.1) is 0 Å². The molecule has 0 saturated carbocycles. The molecule has 4 heteroatoms. The first kappa shape index (κ1) is 14.2. The average Bonchev–Trinajstić information content (AvgIpc) is 2.36. The van der Waals surface area contributed by atoms with Crippen LogP contribution >= 0.6 is 23.2 Å². The molecule has 0 aromatic heterocycles. The molecular weight excluding hydrogens is 283 g/mol. The molecule has 0 aliphatic rings. The van der Waals surface area contributed by atoms with E-state index in [0.717, 1.165) is 5.56 Å². The first-order chi connectivity index (χ1) is 9.13.